The second-order valence-corrected chi connectivity index (χ2v) is 7.72. The minimum atomic E-state index is -1.57. The molecule has 0 aliphatic heterocycles. The van der Waals surface area contributed by atoms with Gasteiger partial charge in [-0.25, -0.2) is 4.98 Å². The van der Waals surface area contributed by atoms with Crippen LogP contribution in [0.3, 0.4) is 0 Å². The van der Waals surface area contributed by atoms with E-state index < -0.39 is 35.4 Å². The molecule has 1 rings (SSSR count). The van der Waals surface area contributed by atoms with Crippen molar-refractivity contribution >= 4 is 34.6 Å². The molecular formula is C17H28N4O5S. The van der Waals surface area contributed by atoms with Crippen molar-refractivity contribution in [2.75, 3.05) is 12.4 Å². The smallest absolute Gasteiger partial charge is 0.251 e. The van der Waals surface area contributed by atoms with E-state index in [4.69, 9.17) is 4.74 Å². The van der Waals surface area contributed by atoms with Crippen LogP contribution in [0.2, 0.25) is 0 Å². The van der Waals surface area contributed by atoms with Gasteiger partial charge in [0.2, 0.25) is 5.91 Å². The number of rotatable bonds is 11. The van der Waals surface area contributed by atoms with Gasteiger partial charge < -0.3 is 25.4 Å². The van der Waals surface area contributed by atoms with Crippen LogP contribution in [0.1, 0.15) is 34.1 Å². The molecule has 0 spiro atoms. The summed E-state index contributed by atoms with van der Waals surface area (Å²) < 4.78 is 5.22. The van der Waals surface area contributed by atoms with Crippen LogP contribution in [-0.4, -0.2) is 53.1 Å². The van der Waals surface area contributed by atoms with Gasteiger partial charge in [0.05, 0.1) is 6.10 Å². The summed E-state index contributed by atoms with van der Waals surface area (Å²) in [4.78, 5) is 41.0. The number of anilines is 1. The monoisotopic (exact) mass is 400 g/mol. The molecule has 0 bridgehead atoms. The first kappa shape index (κ1) is 23.2. The summed E-state index contributed by atoms with van der Waals surface area (Å²) in [5, 5.41) is 17.1. The van der Waals surface area contributed by atoms with Crippen LogP contribution in [0.5, 0.6) is 0 Å². The van der Waals surface area contributed by atoms with Crippen molar-refractivity contribution in [3.05, 3.63) is 11.6 Å². The molecule has 0 aliphatic carbocycles. The average molecular weight is 401 g/mol. The molecule has 0 unspecified atom stereocenters. The molecule has 0 radical (unpaired) electrons. The Kier molecular flexibility index (Phi) is 8.97. The van der Waals surface area contributed by atoms with Gasteiger partial charge >= 0.3 is 0 Å². The van der Waals surface area contributed by atoms with Crippen molar-refractivity contribution in [1.82, 2.24) is 15.8 Å². The van der Waals surface area contributed by atoms with Gasteiger partial charge in [0.15, 0.2) is 5.13 Å². The number of hydroxylamine groups is 1. The highest BCUT2D eigenvalue weighted by atomic mass is 32.1. The fraction of sp³-hybridized carbons (Fsp3) is 0.647. The summed E-state index contributed by atoms with van der Waals surface area (Å²) in [7, 11) is 1.42. The van der Waals surface area contributed by atoms with Gasteiger partial charge in [0.1, 0.15) is 17.9 Å². The first-order valence-electron chi connectivity index (χ1n) is 8.62. The molecule has 10 heteroatoms. The Balaban J connectivity index is 3.10. The predicted molar refractivity (Wildman–Crippen MR) is 101 cm³/mol. The number of hydrogen-bond donors (Lipinski definition) is 4. The van der Waals surface area contributed by atoms with E-state index in [1.54, 1.807) is 18.5 Å². The molecule has 27 heavy (non-hydrogen) atoms. The summed E-state index contributed by atoms with van der Waals surface area (Å²) >= 11 is 1.24. The number of nitrogens with zero attached hydrogens (tertiary/aromatic N) is 1. The third kappa shape index (κ3) is 5.80. The average Bonchev–Trinajstić information content (AvgIpc) is 3.15. The molecule has 0 aliphatic rings. The number of nitrogens with one attached hydrogen (secondary N) is 3. The molecule has 152 valence electrons. The Morgan fingerprint density at radius 2 is 2.04 bits per heavy atom. The van der Waals surface area contributed by atoms with E-state index in [1.165, 1.54) is 25.4 Å². The summed E-state index contributed by atoms with van der Waals surface area (Å²) in [5.74, 6) is -2.00. The van der Waals surface area contributed by atoms with Crippen molar-refractivity contribution in [2.45, 2.75) is 51.8 Å². The largest absolute Gasteiger partial charge is 0.379 e. The van der Waals surface area contributed by atoms with Crippen molar-refractivity contribution in [1.29, 1.82) is 0 Å². The van der Waals surface area contributed by atoms with E-state index in [0.717, 1.165) is 0 Å². The summed E-state index contributed by atoms with van der Waals surface area (Å²) in [6.45, 7) is 6.89. The molecule has 0 fully saturated rings. The summed E-state index contributed by atoms with van der Waals surface area (Å²) in [5.41, 5.74) is 0.452. The molecule has 1 aromatic rings. The number of amides is 2. The highest BCUT2D eigenvalue weighted by Crippen LogP contribution is 2.25. The number of aldehydes is 1. The number of ether oxygens (including phenoxy) is 1. The Morgan fingerprint density at radius 3 is 2.48 bits per heavy atom. The molecule has 0 saturated carbocycles. The fourth-order valence-corrected chi connectivity index (χ4v) is 3.25. The Bertz CT molecular complexity index is 625. The van der Waals surface area contributed by atoms with Crippen LogP contribution in [0.15, 0.2) is 11.6 Å². The van der Waals surface area contributed by atoms with Crippen molar-refractivity contribution in [3.63, 3.8) is 0 Å². The summed E-state index contributed by atoms with van der Waals surface area (Å²) in [6.07, 6.45) is 1.67. The third-order valence-electron chi connectivity index (χ3n) is 4.39. The number of carbonyl (C=O) groups excluding carboxylic acids is 3. The molecule has 0 saturated heterocycles. The normalized spacial score (nSPS) is 16.9. The minimum Gasteiger partial charge on any atom is -0.379 e. The van der Waals surface area contributed by atoms with E-state index in [-0.39, 0.29) is 12.3 Å². The Hall–Kier alpha value is -1.88. The lowest BCUT2D eigenvalue weighted by Crippen LogP contribution is -2.65. The Labute approximate surface area is 162 Å². The SMILES string of the molecule is CO[C@H](C)[C@H](NC(=O)[C@](CC(C)C)(NO)[C@H](C)C=O)C(=O)Nc1nccs1. The van der Waals surface area contributed by atoms with Crippen molar-refractivity contribution in [3.8, 4) is 0 Å². The van der Waals surface area contributed by atoms with Gasteiger partial charge in [-0.1, -0.05) is 20.8 Å². The van der Waals surface area contributed by atoms with Crippen LogP contribution in [0.4, 0.5) is 5.13 Å². The number of methoxy groups -OCH3 is 1. The van der Waals surface area contributed by atoms with Gasteiger partial charge in [-0.15, -0.1) is 11.3 Å². The zero-order valence-electron chi connectivity index (χ0n) is 16.2. The maximum Gasteiger partial charge on any atom is 0.251 e. The van der Waals surface area contributed by atoms with E-state index in [9.17, 15) is 19.6 Å². The third-order valence-corrected chi connectivity index (χ3v) is 5.08. The second kappa shape index (κ2) is 10.5. The topological polar surface area (TPSA) is 130 Å². The highest BCUT2D eigenvalue weighted by Gasteiger charge is 2.45. The minimum absolute atomic E-state index is 0.000226. The lowest BCUT2D eigenvalue weighted by atomic mass is 9.78. The zero-order valence-corrected chi connectivity index (χ0v) is 17.0. The van der Waals surface area contributed by atoms with Crippen LogP contribution < -0.4 is 16.1 Å². The maximum atomic E-state index is 13.0. The molecule has 4 N–H and O–H groups in total. The van der Waals surface area contributed by atoms with E-state index in [0.29, 0.717) is 11.4 Å². The molecule has 4 atom stereocenters. The molecular weight excluding hydrogens is 372 g/mol. The van der Waals surface area contributed by atoms with Crippen molar-refractivity contribution in [2.24, 2.45) is 11.8 Å². The lowest BCUT2D eigenvalue weighted by Gasteiger charge is -2.37. The second-order valence-electron chi connectivity index (χ2n) is 6.82. The van der Waals surface area contributed by atoms with E-state index in [2.05, 4.69) is 15.6 Å². The van der Waals surface area contributed by atoms with Crippen LogP contribution in [-0.2, 0) is 19.1 Å². The van der Waals surface area contributed by atoms with E-state index in [1.807, 2.05) is 19.3 Å². The first-order chi connectivity index (χ1) is 12.7. The maximum absolute atomic E-state index is 13.0. The predicted octanol–water partition coefficient (Wildman–Crippen LogP) is 1.20. The van der Waals surface area contributed by atoms with Crippen LogP contribution in [0.25, 0.3) is 0 Å². The van der Waals surface area contributed by atoms with Crippen molar-refractivity contribution < 1.29 is 24.3 Å². The standard InChI is InChI=1S/C17H28N4O5S/c1-10(2)8-17(21-25,11(3)9-22)15(24)19-13(12(4)26-5)14(23)20-16-18-6-7-27-16/h6-7,9-13,21,25H,8H2,1-5H3,(H,19,24)(H,18,20,23)/t11-,12-,13+,17-/m1/s1. The van der Waals surface area contributed by atoms with Gasteiger partial charge in [-0.2, -0.15) is 5.48 Å². The zero-order chi connectivity index (χ0) is 20.6. The van der Waals surface area contributed by atoms with Crippen LogP contribution >= 0.6 is 11.3 Å². The molecule has 2 amide bonds. The molecule has 1 aromatic heterocycles. The van der Waals surface area contributed by atoms with Gasteiger partial charge in [-0.05, 0) is 19.3 Å². The van der Waals surface area contributed by atoms with Gasteiger partial charge in [-0.3, -0.25) is 9.59 Å². The Morgan fingerprint density at radius 1 is 1.37 bits per heavy atom. The molecule has 0 aromatic carbocycles. The highest BCUT2D eigenvalue weighted by molar-refractivity contribution is 7.13. The fourth-order valence-electron chi connectivity index (χ4n) is 2.71. The van der Waals surface area contributed by atoms with Crippen LogP contribution in [0, 0.1) is 11.8 Å². The first-order valence-corrected chi connectivity index (χ1v) is 9.50. The lowest BCUT2D eigenvalue weighted by molar-refractivity contribution is -0.143. The van der Waals surface area contributed by atoms with Gasteiger partial charge in [0.25, 0.3) is 5.91 Å². The number of hydrogen-bond acceptors (Lipinski definition) is 8. The van der Waals surface area contributed by atoms with Gasteiger partial charge in [0, 0.05) is 24.6 Å². The number of thiazole rings is 1. The number of carbonyl (C=O) groups is 3. The quantitative estimate of drug-likeness (QED) is 0.324. The molecule has 1 heterocycles. The number of aromatic nitrogens is 1. The summed E-state index contributed by atoms with van der Waals surface area (Å²) in [6, 6.07) is -1.05. The molecule has 9 nitrogen and oxygen atoms in total. The van der Waals surface area contributed by atoms with E-state index >= 15 is 0 Å².